The SMILES string of the molecule is Cc1ccc(C(C)Nc2ccc(C#N)c3ccccc23)o1. The molecular weight excluding hydrogens is 260 g/mol. The molecule has 3 heteroatoms. The molecule has 0 amide bonds. The Morgan fingerprint density at radius 2 is 1.81 bits per heavy atom. The van der Waals surface area contributed by atoms with Crippen molar-refractivity contribution >= 4 is 16.5 Å². The van der Waals surface area contributed by atoms with Gasteiger partial charge in [-0.1, -0.05) is 24.3 Å². The van der Waals surface area contributed by atoms with E-state index in [1.165, 1.54) is 0 Å². The molecule has 0 radical (unpaired) electrons. The number of nitrogens with one attached hydrogen (secondary N) is 1. The van der Waals surface area contributed by atoms with Crippen LogP contribution in [0.5, 0.6) is 0 Å². The quantitative estimate of drug-likeness (QED) is 0.748. The Labute approximate surface area is 123 Å². The van der Waals surface area contributed by atoms with Crippen molar-refractivity contribution in [2.45, 2.75) is 19.9 Å². The summed E-state index contributed by atoms with van der Waals surface area (Å²) >= 11 is 0. The summed E-state index contributed by atoms with van der Waals surface area (Å²) in [5.41, 5.74) is 1.70. The molecule has 3 nitrogen and oxygen atoms in total. The normalized spacial score (nSPS) is 12.0. The van der Waals surface area contributed by atoms with Crippen LogP contribution in [0, 0.1) is 18.3 Å². The topological polar surface area (TPSA) is 49.0 Å². The van der Waals surface area contributed by atoms with Crippen molar-refractivity contribution in [3.63, 3.8) is 0 Å². The molecule has 0 fully saturated rings. The van der Waals surface area contributed by atoms with Gasteiger partial charge in [-0.15, -0.1) is 0 Å². The number of hydrogen-bond acceptors (Lipinski definition) is 3. The number of fused-ring (bicyclic) bond motifs is 1. The maximum absolute atomic E-state index is 9.20. The second kappa shape index (κ2) is 5.34. The first-order valence-electron chi connectivity index (χ1n) is 6.94. The summed E-state index contributed by atoms with van der Waals surface area (Å²) < 4.78 is 5.66. The van der Waals surface area contributed by atoms with Gasteiger partial charge in [-0.2, -0.15) is 5.26 Å². The molecular formula is C18H16N2O. The molecule has 0 aliphatic carbocycles. The van der Waals surface area contributed by atoms with E-state index >= 15 is 0 Å². The fourth-order valence-electron chi connectivity index (χ4n) is 2.51. The molecule has 1 unspecified atom stereocenters. The average Bonchev–Trinajstić information content (AvgIpc) is 2.94. The maximum Gasteiger partial charge on any atom is 0.126 e. The van der Waals surface area contributed by atoms with Gasteiger partial charge in [0.1, 0.15) is 11.5 Å². The molecule has 0 saturated heterocycles. The zero-order valence-electron chi connectivity index (χ0n) is 12.1. The lowest BCUT2D eigenvalue weighted by atomic mass is 10.0. The molecule has 3 rings (SSSR count). The summed E-state index contributed by atoms with van der Waals surface area (Å²) in [5.74, 6) is 1.81. The van der Waals surface area contributed by atoms with Gasteiger partial charge in [0.2, 0.25) is 0 Å². The van der Waals surface area contributed by atoms with Gasteiger partial charge < -0.3 is 9.73 Å². The lowest BCUT2D eigenvalue weighted by molar-refractivity contribution is 0.467. The molecule has 1 N–H and O–H groups in total. The number of anilines is 1. The van der Waals surface area contributed by atoms with Crippen molar-refractivity contribution in [1.82, 2.24) is 0 Å². The Bertz CT molecular complexity index is 827. The molecule has 1 atom stereocenters. The number of hydrogen-bond donors (Lipinski definition) is 1. The van der Waals surface area contributed by atoms with E-state index in [9.17, 15) is 5.26 Å². The highest BCUT2D eigenvalue weighted by Crippen LogP contribution is 2.29. The highest BCUT2D eigenvalue weighted by molar-refractivity contribution is 5.97. The maximum atomic E-state index is 9.20. The second-order valence-electron chi connectivity index (χ2n) is 5.13. The third-order valence-electron chi connectivity index (χ3n) is 3.60. The van der Waals surface area contributed by atoms with E-state index in [-0.39, 0.29) is 6.04 Å². The van der Waals surface area contributed by atoms with Crippen molar-refractivity contribution in [1.29, 1.82) is 5.26 Å². The van der Waals surface area contributed by atoms with E-state index in [1.807, 2.05) is 55.5 Å². The van der Waals surface area contributed by atoms with E-state index in [4.69, 9.17) is 4.42 Å². The summed E-state index contributed by atoms with van der Waals surface area (Å²) in [4.78, 5) is 0. The second-order valence-corrected chi connectivity index (χ2v) is 5.13. The van der Waals surface area contributed by atoms with Gasteiger partial charge in [0.25, 0.3) is 0 Å². The van der Waals surface area contributed by atoms with Crippen LogP contribution in [0.25, 0.3) is 10.8 Å². The Morgan fingerprint density at radius 3 is 2.48 bits per heavy atom. The molecule has 2 aromatic carbocycles. The average molecular weight is 276 g/mol. The van der Waals surface area contributed by atoms with E-state index < -0.39 is 0 Å². The summed E-state index contributed by atoms with van der Waals surface area (Å²) in [6.45, 7) is 4.00. The predicted molar refractivity (Wildman–Crippen MR) is 84.1 cm³/mol. The lowest BCUT2D eigenvalue weighted by Gasteiger charge is -2.15. The third kappa shape index (κ3) is 2.48. The Balaban J connectivity index is 2.00. The van der Waals surface area contributed by atoms with Crippen molar-refractivity contribution in [2.75, 3.05) is 5.32 Å². The summed E-state index contributed by atoms with van der Waals surface area (Å²) in [6.07, 6.45) is 0. The van der Waals surface area contributed by atoms with E-state index in [2.05, 4.69) is 18.3 Å². The Morgan fingerprint density at radius 1 is 1.05 bits per heavy atom. The molecule has 0 spiro atoms. The molecule has 0 aliphatic rings. The molecule has 0 aliphatic heterocycles. The summed E-state index contributed by atoms with van der Waals surface area (Å²) in [5, 5.41) is 14.7. The first kappa shape index (κ1) is 13.3. The van der Waals surface area contributed by atoms with Gasteiger partial charge in [-0.3, -0.25) is 0 Å². The Kier molecular flexibility index (Phi) is 3.37. The van der Waals surface area contributed by atoms with Crippen molar-refractivity contribution in [3.05, 3.63) is 65.6 Å². The number of aryl methyl sites for hydroxylation is 1. The minimum absolute atomic E-state index is 0.0649. The predicted octanol–water partition coefficient (Wildman–Crippen LogP) is 4.79. The van der Waals surface area contributed by atoms with Crippen LogP contribution in [-0.4, -0.2) is 0 Å². The van der Waals surface area contributed by atoms with Gasteiger partial charge in [0, 0.05) is 16.5 Å². The molecule has 0 saturated carbocycles. The van der Waals surface area contributed by atoms with Crippen molar-refractivity contribution in [3.8, 4) is 6.07 Å². The minimum Gasteiger partial charge on any atom is -0.464 e. The van der Waals surface area contributed by atoms with Crippen LogP contribution in [0.2, 0.25) is 0 Å². The van der Waals surface area contributed by atoms with Crippen LogP contribution < -0.4 is 5.32 Å². The number of rotatable bonds is 3. The molecule has 1 heterocycles. The highest BCUT2D eigenvalue weighted by Gasteiger charge is 2.12. The Hall–Kier alpha value is -2.73. The van der Waals surface area contributed by atoms with Crippen LogP contribution in [0.4, 0.5) is 5.69 Å². The summed E-state index contributed by atoms with van der Waals surface area (Å²) in [6, 6.07) is 18.0. The van der Waals surface area contributed by atoms with Crippen LogP contribution in [-0.2, 0) is 0 Å². The van der Waals surface area contributed by atoms with Crippen LogP contribution in [0.15, 0.2) is 52.9 Å². The standard InChI is InChI=1S/C18H16N2O/c1-12-7-10-18(21-12)13(2)20-17-9-8-14(11-19)15-5-3-4-6-16(15)17/h3-10,13,20H,1-2H3. The smallest absolute Gasteiger partial charge is 0.126 e. The lowest BCUT2D eigenvalue weighted by Crippen LogP contribution is -2.06. The molecule has 3 aromatic rings. The number of nitrogens with zero attached hydrogens (tertiary/aromatic N) is 1. The van der Waals surface area contributed by atoms with Gasteiger partial charge in [0.05, 0.1) is 17.7 Å². The molecule has 0 bridgehead atoms. The van der Waals surface area contributed by atoms with Gasteiger partial charge >= 0.3 is 0 Å². The largest absolute Gasteiger partial charge is 0.464 e. The van der Waals surface area contributed by atoms with E-state index in [1.54, 1.807) is 0 Å². The van der Waals surface area contributed by atoms with Gasteiger partial charge in [-0.05, 0) is 38.1 Å². The number of nitriles is 1. The minimum atomic E-state index is 0.0649. The fraction of sp³-hybridized carbons (Fsp3) is 0.167. The van der Waals surface area contributed by atoms with Crippen LogP contribution >= 0.6 is 0 Å². The van der Waals surface area contributed by atoms with Crippen molar-refractivity contribution < 1.29 is 4.42 Å². The summed E-state index contributed by atoms with van der Waals surface area (Å²) in [7, 11) is 0. The van der Waals surface area contributed by atoms with Gasteiger partial charge in [-0.25, -0.2) is 0 Å². The molecule has 1 aromatic heterocycles. The first-order chi connectivity index (χ1) is 10.2. The van der Waals surface area contributed by atoms with E-state index in [0.29, 0.717) is 5.56 Å². The van der Waals surface area contributed by atoms with Crippen LogP contribution in [0.3, 0.4) is 0 Å². The zero-order chi connectivity index (χ0) is 14.8. The highest BCUT2D eigenvalue weighted by atomic mass is 16.3. The molecule has 104 valence electrons. The number of benzene rings is 2. The first-order valence-corrected chi connectivity index (χ1v) is 6.94. The zero-order valence-corrected chi connectivity index (χ0v) is 12.1. The molecule has 21 heavy (non-hydrogen) atoms. The number of furan rings is 1. The van der Waals surface area contributed by atoms with Gasteiger partial charge in [0.15, 0.2) is 0 Å². The van der Waals surface area contributed by atoms with E-state index in [0.717, 1.165) is 28.0 Å². The monoisotopic (exact) mass is 276 g/mol. The fourth-order valence-corrected chi connectivity index (χ4v) is 2.51. The van der Waals surface area contributed by atoms with Crippen LogP contribution in [0.1, 0.15) is 30.0 Å². The third-order valence-corrected chi connectivity index (χ3v) is 3.60. The van der Waals surface area contributed by atoms with Crippen molar-refractivity contribution in [2.24, 2.45) is 0 Å².